The molecule has 1 fully saturated rings. The fourth-order valence-electron chi connectivity index (χ4n) is 1.41. The number of nitrogens with two attached hydrogens (primary N) is 1. The largest absolute Gasteiger partial charge is 0.302 e. The smallest absolute Gasteiger partial charge is 0.0225 e. The van der Waals surface area contributed by atoms with E-state index in [0.29, 0.717) is 0 Å². The van der Waals surface area contributed by atoms with Gasteiger partial charge in [0, 0.05) is 13.1 Å². The van der Waals surface area contributed by atoms with Gasteiger partial charge in [0.1, 0.15) is 0 Å². The third-order valence-corrected chi connectivity index (χ3v) is 2.02. The molecule has 68 valence electrons. The molecule has 0 aromatic rings. The minimum absolute atomic E-state index is 0. The number of nitrogens with one attached hydrogen (secondary N) is 1. The van der Waals surface area contributed by atoms with Crippen molar-refractivity contribution >= 4 is 12.4 Å². The highest BCUT2D eigenvalue weighted by Crippen LogP contribution is 2.06. The molecule has 1 aliphatic rings. The summed E-state index contributed by atoms with van der Waals surface area (Å²) in [5, 5.41) is 0. The molecule has 0 aromatic carbocycles. The topological polar surface area (TPSA) is 41.3 Å². The molecule has 11 heavy (non-hydrogen) atoms. The van der Waals surface area contributed by atoms with E-state index in [1.54, 1.807) is 0 Å². The standard InChI is InChI=1S/C7H17N3.ClH/c8-9-4-7-10-5-2-1-3-6-10;/h9H,1-8H2;1H. The number of piperidine rings is 1. The van der Waals surface area contributed by atoms with Gasteiger partial charge in [0.05, 0.1) is 0 Å². The van der Waals surface area contributed by atoms with Crippen molar-refractivity contribution in [2.75, 3.05) is 26.2 Å². The molecule has 0 amide bonds. The maximum absolute atomic E-state index is 5.17. The van der Waals surface area contributed by atoms with E-state index >= 15 is 0 Å². The van der Waals surface area contributed by atoms with Crippen molar-refractivity contribution in [2.24, 2.45) is 5.84 Å². The molecule has 0 spiro atoms. The number of rotatable bonds is 3. The Hall–Kier alpha value is 0.170. The summed E-state index contributed by atoms with van der Waals surface area (Å²) in [4.78, 5) is 2.46. The number of hydrogen-bond donors (Lipinski definition) is 2. The van der Waals surface area contributed by atoms with Crippen LogP contribution in [0, 0.1) is 0 Å². The minimum Gasteiger partial charge on any atom is -0.302 e. The molecule has 0 aliphatic carbocycles. The Morgan fingerprint density at radius 1 is 1.18 bits per heavy atom. The normalized spacial score (nSPS) is 19.4. The SMILES string of the molecule is Cl.NNCCN1CCCCC1. The number of hydrogen-bond acceptors (Lipinski definition) is 3. The molecular weight excluding hydrogens is 162 g/mol. The van der Waals surface area contributed by atoms with Gasteiger partial charge in [0.2, 0.25) is 0 Å². The third-order valence-electron chi connectivity index (χ3n) is 2.02. The molecule has 0 radical (unpaired) electrons. The highest BCUT2D eigenvalue weighted by molar-refractivity contribution is 5.85. The predicted molar refractivity (Wildman–Crippen MR) is 49.7 cm³/mol. The summed E-state index contributed by atoms with van der Waals surface area (Å²) in [6.07, 6.45) is 4.14. The maximum Gasteiger partial charge on any atom is 0.0225 e. The van der Waals surface area contributed by atoms with E-state index in [2.05, 4.69) is 10.3 Å². The van der Waals surface area contributed by atoms with E-state index in [-0.39, 0.29) is 12.4 Å². The maximum atomic E-state index is 5.17. The molecule has 3 N–H and O–H groups in total. The molecule has 0 saturated carbocycles. The van der Waals surface area contributed by atoms with Crippen LogP contribution in [0.4, 0.5) is 0 Å². The van der Waals surface area contributed by atoms with E-state index in [1.165, 1.54) is 32.4 Å². The average molecular weight is 180 g/mol. The zero-order valence-corrected chi connectivity index (χ0v) is 7.70. The lowest BCUT2D eigenvalue weighted by molar-refractivity contribution is 0.229. The number of hydrazine groups is 1. The van der Waals surface area contributed by atoms with Crippen molar-refractivity contribution < 1.29 is 0 Å². The van der Waals surface area contributed by atoms with Gasteiger partial charge in [0.15, 0.2) is 0 Å². The lowest BCUT2D eigenvalue weighted by Gasteiger charge is -2.25. The number of nitrogens with zero attached hydrogens (tertiary/aromatic N) is 1. The summed E-state index contributed by atoms with van der Waals surface area (Å²) >= 11 is 0. The Bertz CT molecular complexity index is 83.8. The van der Waals surface area contributed by atoms with E-state index in [4.69, 9.17) is 5.84 Å². The van der Waals surface area contributed by atoms with Crippen LogP contribution in [-0.2, 0) is 0 Å². The molecule has 0 unspecified atom stereocenters. The Morgan fingerprint density at radius 2 is 1.82 bits per heavy atom. The van der Waals surface area contributed by atoms with Crippen LogP contribution in [0.2, 0.25) is 0 Å². The van der Waals surface area contributed by atoms with Crippen LogP contribution >= 0.6 is 12.4 Å². The van der Waals surface area contributed by atoms with Gasteiger partial charge in [0.25, 0.3) is 0 Å². The van der Waals surface area contributed by atoms with Crippen molar-refractivity contribution in [2.45, 2.75) is 19.3 Å². The fourth-order valence-corrected chi connectivity index (χ4v) is 1.41. The van der Waals surface area contributed by atoms with E-state index in [1.807, 2.05) is 0 Å². The van der Waals surface area contributed by atoms with Crippen LogP contribution in [0.15, 0.2) is 0 Å². The summed E-state index contributed by atoms with van der Waals surface area (Å²) in [6, 6.07) is 0. The highest BCUT2D eigenvalue weighted by Gasteiger charge is 2.07. The van der Waals surface area contributed by atoms with Gasteiger partial charge >= 0.3 is 0 Å². The Morgan fingerprint density at radius 3 is 2.36 bits per heavy atom. The zero-order chi connectivity index (χ0) is 7.23. The molecule has 0 bridgehead atoms. The number of halogens is 1. The lowest BCUT2D eigenvalue weighted by Crippen LogP contribution is -2.37. The van der Waals surface area contributed by atoms with Crippen molar-refractivity contribution in [3.05, 3.63) is 0 Å². The monoisotopic (exact) mass is 179 g/mol. The summed E-state index contributed by atoms with van der Waals surface area (Å²) in [5.74, 6) is 5.17. The second-order valence-electron chi connectivity index (χ2n) is 2.86. The van der Waals surface area contributed by atoms with E-state index in [0.717, 1.165) is 13.1 Å². The molecular formula is C7H18ClN3. The molecule has 1 heterocycles. The molecule has 0 atom stereocenters. The first-order chi connectivity index (χ1) is 4.93. The van der Waals surface area contributed by atoms with Crippen LogP contribution in [0.25, 0.3) is 0 Å². The Labute approximate surface area is 74.7 Å². The first-order valence-electron chi connectivity index (χ1n) is 4.09. The van der Waals surface area contributed by atoms with Crippen molar-refractivity contribution in [1.29, 1.82) is 0 Å². The van der Waals surface area contributed by atoms with Crippen LogP contribution in [-0.4, -0.2) is 31.1 Å². The summed E-state index contributed by atoms with van der Waals surface area (Å²) < 4.78 is 0. The van der Waals surface area contributed by atoms with E-state index in [9.17, 15) is 0 Å². The Kier molecular flexibility index (Phi) is 6.96. The van der Waals surface area contributed by atoms with Gasteiger partial charge in [-0.1, -0.05) is 6.42 Å². The van der Waals surface area contributed by atoms with E-state index < -0.39 is 0 Å². The molecule has 0 aromatic heterocycles. The van der Waals surface area contributed by atoms with Crippen LogP contribution in [0.1, 0.15) is 19.3 Å². The summed E-state index contributed by atoms with van der Waals surface area (Å²) in [5.41, 5.74) is 2.67. The van der Waals surface area contributed by atoms with Gasteiger partial charge in [-0.2, -0.15) is 0 Å². The molecule has 1 rings (SSSR count). The first-order valence-corrected chi connectivity index (χ1v) is 4.09. The quantitative estimate of drug-likeness (QED) is 0.486. The molecule has 3 nitrogen and oxygen atoms in total. The van der Waals surface area contributed by atoms with Crippen LogP contribution in [0.3, 0.4) is 0 Å². The fraction of sp³-hybridized carbons (Fsp3) is 1.00. The zero-order valence-electron chi connectivity index (χ0n) is 6.88. The van der Waals surface area contributed by atoms with Gasteiger partial charge in [-0.05, 0) is 25.9 Å². The van der Waals surface area contributed by atoms with Crippen LogP contribution < -0.4 is 11.3 Å². The number of likely N-dealkylation sites (tertiary alicyclic amines) is 1. The summed E-state index contributed by atoms with van der Waals surface area (Å²) in [6.45, 7) is 4.56. The molecule has 1 aliphatic heterocycles. The van der Waals surface area contributed by atoms with Crippen molar-refractivity contribution in [3.8, 4) is 0 Å². The lowest BCUT2D eigenvalue weighted by atomic mass is 10.1. The van der Waals surface area contributed by atoms with Crippen molar-refractivity contribution in [3.63, 3.8) is 0 Å². The van der Waals surface area contributed by atoms with Crippen LogP contribution in [0.5, 0.6) is 0 Å². The second kappa shape index (κ2) is 6.85. The van der Waals surface area contributed by atoms with Gasteiger partial charge in [-0.25, -0.2) is 0 Å². The average Bonchev–Trinajstić information content (AvgIpc) is 2.03. The van der Waals surface area contributed by atoms with Gasteiger partial charge < -0.3 is 4.90 Å². The van der Waals surface area contributed by atoms with Gasteiger partial charge in [-0.3, -0.25) is 11.3 Å². The highest BCUT2D eigenvalue weighted by atomic mass is 35.5. The minimum atomic E-state index is 0. The van der Waals surface area contributed by atoms with Gasteiger partial charge in [-0.15, -0.1) is 12.4 Å². The summed E-state index contributed by atoms with van der Waals surface area (Å²) in [7, 11) is 0. The molecule has 1 saturated heterocycles. The second-order valence-corrected chi connectivity index (χ2v) is 2.86. The Balaban J connectivity index is 0.000001000. The first kappa shape index (κ1) is 11.2. The van der Waals surface area contributed by atoms with Crippen molar-refractivity contribution in [1.82, 2.24) is 10.3 Å². The molecule has 4 heteroatoms. The predicted octanol–water partition coefficient (Wildman–Crippen LogP) is 0.357. The third kappa shape index (κ3) is 4.58.